The standard InChI is InChI=1S/C23H16F9N5O5/c1-21(6-16(22(27,28)29)40-20(35-21)37-42-19(38)23(30,31)32)12-4-10(2-3-13(12)24)15-5-14(36-41-15)18-33-7-11(8-34-18)39-9-17(25)26/h2-5,7-8,16-17H,6,9H2,1H3,(H,35,37)/t16-,21-/m0/s1. The molecule has 0 unspecified atom stereocenters. The Labute approximate surface area is 228 Å². The van der Waals surface area contributed by atoms with E-state index in [1.165, 1.54) is 17.6 Å². The number of hydroxylamine groups is 1. The highest BCUT2D eigenvalue weighted by Crippen LogP contribution is 2.42. The number of alkyl halides is 8. The van der Waals surface area contributed by atoms with Gasteiger partial charge >= 0.3 is 24.3 Å². The first kappa shape index (κ1) is 30.4. The van der Waals surface area contributed by atoms with Crippen molar-refractivity contribution in [3.63, 3.8) is 0 Å². The molecular weight excluding hydrogens is 597 g/mol. The molecule has 2 atom stereocenters. The predicted octanol–water partition coefficient (Wildman–Crippen LogP) is 5.11. The molecule has 3 aromatic rings. The molecule has 0 saturated carbocycles. The van der Waals surface area contributed by atoms with Crippen molar-refractivity contribution < 1.29 is 63.1 Å². The number of rotatable bonds is 6. The maximum Gasteiger partial charge on any atom is 0.493 e. The molecule has 3 heterocycles. The van der Waals surface area contributed by atoms with E-state index in [4.69, 9.17) is 9.26 Å². The number of aliphatic imine (C=N–C) groups is 1. The first-order valence-electron chi connectivity index (χ1n) is 11.4. The molecule has 42 heavy (non-hydrogen) atoms. The van der Waals surface area contributed by atoms with Gasteiger partial charge in [-0.25, -0.2) is 32.9 Å². The summed E-state index contributed by atoms with van der Waals surface area (Å²) in [6.07, 6.45) is -14.8. The van der Waals surface area contributed by atoms with E-state index in [1.54, 1.807) is 0 Å². The molecule has 10 nitrogen and oxygen atoms in total. The number of aromatic nitrogens is 3. The third-order valence-electron chi connectivity index (χ3n) is 5.59. The first-order valence-corrected chi connectivity index (χ1v) is 11.4. The minimum absolute atomic E-state index is 0.0186. The topological polar surface area (TPSA) is 121 Å². The molecule has 1 aliphatic rings. The predicted molar refractivity (Wildman–Crippen MR) is 120 cm³/mol. The highest BCUT2D eigenvalue weighted by Gasteiger charge is 2.51. The third kappa shape index (κ3) is 7.00. The summed E-state index contributed by atoms with van der Waals surface area (Å²) in [5.41, 5.74) is -1.12. The fourth-order valence-electron chi connectivity index (χ4n) is 3.67. The molecular formula is C23H16F9N5O5. The molecule has 0 amide bonds. The summed E-state index contributed by atoms with van der Waals surface area (Å²) < 4.78 is 132. The maximum atomic E-state index is 15.0. The second-order valence-corrected chi connectivity index (χ2v) is 8.75. The van der Waals surface area contributed by atoms with Gasteiger partial charge in [-0.1, -0.05) is 5.16 Å². The second kappa shape index (κ2) is 11.4. The van der Waals surface area contributed by atoms with Gasteiger partial charge in [0.15, 0.2) is 29.1 Å². The third-order valence-corrected chi connectivity index (χ3v) is 5.59. The zero-order valence-electron chi connectivity index (χ0n) is 20.8. The number of carbonyl (C=O) groups excluding carboxylic acids is 1. The molecule has 1 aromatic carbocycles. The zero-order chi connectivity index (χ0) is 30.9. The molecule has 226 valence electrons. The monoisotopic (exact) mass is 613 g/mol. The number of benzene rings is 1. The number of ether oxygens (including phenoxy) is 2. The van der Waals surface area contributed by atoms with Crippen LogP contribution in [0, 0.1) is 5.82 Å². The zero-order valence-corrected chi connectivity index (χ0v) is 20.8. The summed E-state index contributed by atoms with van der Waals surface area (Å²) >= 11 is 0. The van der Waals surface area contributed by atoms with Crippen molar-refractivity contribution in [2.24, 2.45) is 4.99 Å². The second-order valence-electron chi connectivity index (χ2n) is 8.75. The highest BCUT2D eigenvalue weighted by atomic mass is 19.4. The van der Waals surface area contributed by atoms with Gasteiger partial charge in [-0.3, -0.25) is 0 Å². The van der Waals surface area contributed by atoms with Crippen molar-refractivity contribution in [1.82, 2.24) is 20.6 Å². The highest BCUT2D eigenvalue weighted by molar-refractivity contribution is 5.80. The van der Waals surface area contributed by atoms with Crippen molar-refractivity contribution in [2.45, 2.75) is 43.8 Å². The Kier molecular flexibility index (Phi) is 8.22. The Morgan fingerprint density at radius 2 is 1.83 bits per heavy atom. The molecule has 0 spiro atoms. The van der Waals surface area contributed by atoms with Crippen LogP contribution in [0.4, 0.5) is 39.5 Å². The molecule has 19 heteroatoms. The van der Waals surface area contributed by atoms with Crippen molar-refractivity contribution >= 4 is 12.0 Å². The van der Waals surface area contributed by atoms with E-state index in [2.05, 4.69) is 29.7 Å². The van der Waals surface area contributed by atoms with Gasteiger partial charge in [-0.2, -0.15) is 31.8 Å². The molecule has 1 aliphatic heterocycles. The summed E-state index contributed by atoms with van der Waals surface area (Å²) in [5, 5.41) is 3.76. The lowest BCUT2D eigenvalue weighted by Crippen LogP contribution is -2.48. The Bertz CT molecular complexity index is 1460. The Balaban J connectivity index is 1.63. The summed E-state index contributed by atoms with van der Waals surface area (Å²) in [7, 11) is 0. The van der Waals surface area contributed by atoms with Crippen LogP contribution in [0.15, 0.2) is 46.2 Å². The lowest BCUT2D eigenvalue weighted by molar-refractivity contribution is -0.215. The summed E-state index contributed by atoms with van der Waals surface area (Å²) in [5.74, 6) is -3.93. The van der Waals surface area contributed by atoms with Gasteiger partial charge in [0.05, 0.1) is 17.9 Å². The van der Waals surface area contributed by atoms with Crippen molar-refractivity contribution in [2.75, 3.05) is 6.61 Å². The molecule has 4 rings (SSSR count). The van der Waals surface area contributed by atoms with E-state index < -0.39 is 66.8 Å². The fourth-order valence-corrected chi connectivity index (χ4v) is 3.67. The average molecular weight is 613 g/mol. The fraction of sp³-hybridized carbons (Fsp3) is 0.348. The van der Waals surface area contributed by atoms with Gasteiger partial charge in [0.1, 0.15) is 12.4 Å². The minimum atomic E-state index is -5.49. The largest absolute Gasteiger partial charge is 0.493 e. The molecule has 0 fully saturated rings. The molecule has 0 saturated heterocycles. The summed E-state index contributed by atoms with van der Waals surface area (Å²) in [6, 6.07) is 3.19. The van der Waals surface area contributed by atoms with Crippen LogP contribution in [0.5, 0.6) is 5.75 Å². The summed E-state index contributed by atoms with van der Waals surface area (Å²) in [4.78, 5) is 26.3. The number of nitrogens with zero attached hydrogens (tertiary/aromatic N) is 4. The van der Waals surface area contributed by atoms with Gasteiger partial charge in [-0.05, 0) is 25.1 Å². The number of amidine groups is 1. The molecule has 2 aromatic heterocycles. The van der Waals surface area contributed by atoms with Crippen LogP contribution in [0.1, 0.15) is 18.9 Å². The Morgan fingerprint density at radius 3 is 2.45 bits per heavy atom. The van der Waals surface area contributed by atoms with Crippen LogP contribution in [0.3, 0.4) is 0 Å². The molecule has 0 aliphatic carbocycles. The first-order chi connectivity index (χ1) is 19.5. The van der Waals surface area contributed by atoms with E-state index >= 15 is 0 Å². The van der Waals surface area contributed by atoms with E-state index in [0.717, 1.165) is 31.5 Å². The van der Waals surface area contributed by atoms with E-state index in [-0.39, 0.29) is 28.6 Å². The lowest BCUT2D eigenvalue weighted by atomic mass is 9.84. The van der Waals surface area contributed by atoms with Crippen LogP contribution < -0.4 is 10.2 Å². The number of carbonyl (C=O) groups is 1. The summed E-state index contributed by atoms with van der Waals surface area (Å²) in [6.45, 7) is 0.180. The van der Waals surface area contributed by atoms with Gasteiger partial charge in [0.2, 0.25) is 0 Å². The molecule has 1 N–H and O–H groups in total. The Morgan fingerprint density at radius 1 is 1.14 bits per heavy atom. The maximum absolute atomic E-state index is 15.0. The van der Waals surface area contributed by atoms with E-state index in [9.17, 15) is 44.3 Å². The molecule has 0 radical (unpaired) electrons. The normalized spacial score (nSPS) is 19.2. The van der Waals surface area contributed by atoms with Crippen LogP contribution in [-0.4, -0.2) is 58.6 Å². The average Bonchev–Trinajstić information content (AvgIpc) is 3.40. The van der Waals surface area contributed by atoms with Gasteiger partial charge in [0, 0.05) is 23.6 Å². The lowest BCUT2D eigenvalue weighted by Gasteiger charge is -2.36. The van der Waals surface area contributed by atoms with Crippen LogP contribution in [0.2, 0.25) is 0 Å². The van der Waals surface area contributed by atoms with Crippen molar-refractivity contribution in [3.8, 4) is 28.6 Å². The van der Waals surface area contributed by atoms with Crippen molar-refractivity contribution in [1.29, 1.82) is 0 Å². The molecule has 0 bridgehead atoms. The van der Waals surface area contributed by atoms with Crippen molar-refractivity contribution in [3.05, 3.63) is 48.0 Å². The SMILES string of the molecule is C[C@@]1(c2cc(-c3cc(-c4ncc(OCC(F)F)cn4)no3)ccc2F)C[C@@H](C(F)(F)F)OC(NOC(=O)C(F)(F)F)=N1. The number of hydrogen-bond donors (Lipinski definition) is 1. The number of halogens is 9. The minimum Gasteiger partial charge on any atom is -0.484 e. The van der Waals surface area contributed by atoms with Gasteiger partial charge < -0.3 is 18.8 Å². The number of nitrogens with one attached hydrogen (secondary N) is 1. The smallest absolute Gasteiger partial charge is 0.484 e. The van der Waals surface area contributed by atoms with Gasteiger partial charge in [-0.15, -0.1) is 0 Å². The Hall–Kier alpha value is -4.58. The van der Waals surface area contributed by atoms with Crippen LogP contribution in [-0.2, 0) is 19.9 Å². The number of hydrogen-bond acceptors (Lipinski definition) is 10. The van der Waals surface area contributed by atoms with E-state index in [1.807, 2.05) is 0 Å². The van der Waals surface area contributed by atoms with Gasteiger partial charge in [0.25, 0.3) is 6.43 Å². The quantitative estimate of drug-likeness (QED) is 0.299. The van der Waals surface area contributed by atoms with E-state index in [0.29, 0.717) is 0 Å². The van der Waals surface area contributed by atoms with Crippen LogP contribution >= 0.6 is 0 Å². The van der Waals surface area contributed by atoms with Crippen LogP contribution in [0.25, 0.3) is 22.8 Å².